The van der Waals surface area contributed by atoms with Gasteiger partial charge in [-0.1, -0.05) is 112 Å². The third-order valence-electron chi connectivity index (χ3n) is 5.94. The zero-order valence-electron chi connectivity index (χ0n) is 19.8. The summed E-state index contributed by atoms with van der Waals surface area (Å²) in [5.41, 5.74) is 3.43. The van der Waals surface area contributed by atoms with Crippen molar-refractivity contribution in [3.05, 3.63) is 71.8 Å². The van der Waals surface area contributed by atoms with E-state index in [1.165, 1.54) is 75.3 Å². The Bertz CT molecular complexity index is 632. The molecule has 3 heteroatoms. The van der Waals surface area contributed by atoms with Crippen LogP contribution in [0.4, 0.5) is 0 Å². The predicted octanol–water partition coefficient (Wildman–Crippen LogP) is 6.27. The minimum atomic E-state index is 0.627. The topological polar surface area (TPSA) is 18.5 Å². The fourth-order valence-corrected chi connectivity index (χ4v) is 4.52. The fraction of sp³-hybridized carbons (Fsp3) is 0.571. The second kappa shape index (κ2) is 18.2. The smallest absolute Gasteiger partial charge is 0.0506 e. The molecule has 172 valence electrons. The molecule has 0 unspecified atom stereocenters. The molecule has 0 saturated heterocycles. The Balaban J connectivity index is 1.25. The molecule has 0 heterocycles. The second-order valence-corrected chi connectivity index (χ2v) is 10.2. The molecule has 2 aromatic rings. The molecule has 0 spiro atoms. The SMILES string of the molecule is [SiH3][C@@H](COCCCCCCCCCCCCOCCc1ccccc1)c1ccccc1. The summed E-state index contributed by atoms with van der Waals surface area (Å²) >= 11 is 0. The Morgan fingerprint density at radius 3 is 1.61 bits per heavy atom. The molecule has 0 aliphatic carbocycles. The number of benzene rings is 2. The standard InChI is InChI=1S/C28H44O2Si/c31-28(27-19-13-10-14-20-27)25-30-23-16-8-6-4-2-1-3-5-7-15-22-29-24-21-26-17-11-9-12-18-26/h9-14,17-20,28H,1-8,15-16,21-25H2,31H3/t28-/m0/s1. The number of ether oxygens (including phenoxy) is 2. The lowest BCUT2D eigenvalue weighted by molar-refractivity contribution is 0.130. The fourth-order valence-electron chi connectivity index (χ4n) is 3.90. The first kappa shape index (κ1) is 25.8. The Morgan fingerprint density at radius 2 is 1.03 bits per heavy atom. The number of hydrogen-bond donors (Lipinski definition) is 0. The van der Waals surface area contributed by atoms with Gasteiger partial charge in [-0.15, -0.1) is 0 Å². The zero-order chi connectivity index (χ0) is 21.8. The van der Waals surface area contributed by atoms with E-state index >= 15 is 0 Å². The average Bonchev–Trinajstić information content (AvgIpc) is 2.82. The van der Waals surface area contributed by atoms with Crippen LogP contribution in [-0.2, 0) is 15.9 Å². The van der Waals surface area contributed by atoms with Crippen molar-refractivity contribution in [2.75, 3.05) is 26.4 Å². The summed E-state index contributed by atoms with van der Waals surface area (Å²) in [5.74, 6) is 0. The lowest BCUT2D eigenvalue weighted by Gasteiger charge is -2.12. The second-order valence-electron chi connectivity index (χ2n) is 8.77. The molecule has 2 nitrogen and oxygen atoms in total. The van der Waals surface area contributed by atoms with Crippen LogP contribution in [0.3, 0.4) is 0 Å². The molecule has 1 atom stereocenters. The highest BCUT2D eigenvalue weighted by Gasteiger charge is 2.04. The Morgan fingerprint density at radius 1 is 0.548 bits per heavy atom. The average molecular weight is 441 g/mol. The molecule has 0 bridgehead atoms. The van der Waals surface area contributed by atoms with E-state index in [1.54, 1.807) is 0 Å². The first-order chi connectivity index (χ1) is 15.4. The van der Waals surface area contributed by atoms with Gasteiger partial charge < -0.3 is 9.47 Å². The predicted molar refractivity (Wildman–Crippen MR) is 137 cm³/mol. The van der Waals surface area contributed by atoms with Gasteiger partial charge in [-0.25, -0.2) is 0 Å². The van der Waals surface area contributed by atoms with Crippen molar-refractivity contribution < 1.29 is 9.47 Å². The van der Waals surface area contributed by atoms with E-state index in [9.17, 15) is 0 Å². The molecule has 2 rings (SSSR count). The Labute approximate surface area is 194 Å². The van der Waals surface area contributed by atoms with Crippen LogP contribution in [-0.4, -0.2) is 36.7 Å². The molecule has 0 aromatic heterocycles. The van der Waals surface area contributed by atoms with Gasteiger partial charge in [0, 0.05) is 23.5 Å². The first-order valence-electron chi connectivity index (χ1n) is 12.6. The maximum Gasteiger partial charge on any atom is 0.0506 e. The first-order valence-corrected chi connectivity index (χ1v) is 13.8. The molecule has 0 N–H and O–H groups in total. The van der Waals surface area contributed by atoms with Crippen molar-refractivity contribution in [1.29, 1.82) is 0 Å². The van der Waals surface area contributed by atoms with Gasteiger partial charge >= 0.3 is 0 Å². The van der Waals surface area contributed by atoms with Crippen molar-refractivity contribution in [1.82, 2.24) is 0 Å². The number of hydrogen-bond acceptors (Lipinski definition) is 2. The van der Waals surface area contributed by atoms with Crippen molar-refractivity contribution in [2.45, 2.75) is 76.2 Å². The van der Waals surface area contributed by atoms with E-state index in [1.807, 2.05) is 0 Å². The van der Waals surface area contributed by atoms with Crippen molar-refractivity contribution in [3.8, 4) is 0 Å². The summed E-state index contributed by atoms with van der Waals surface area (Å²) in [6.45, 7) is 3.59. The molecule has 0 saturated carbocycles. The normalized spacial score (nSPS) is 12.3. The molecule has 0 aliphatic heterocycles. The number of unbranched alkanes of at least 4 members (excludes halogenated alkanes) is 9. The van der Waals surface area contributed by atoms with Crippen LogP contribution in [0.5, 0.6) is 0 Å². The van der Waals surface area contributed by atoms with Gasteiger partial charge in [0.15, 0.2) is 0 Å². The van der Waals surface area contributed by atoms with Gasteiger partial charge in [-0.3, -0.25) is 0 Å². The summed E-state index contributed by atoms with van der Waals surface area (Å²) in [6.07, 6.45) is 14.4. The van der Waals surface area contributed by atoms with E-state index < -0.39 is 0 Å². The highest BCUT2D eigenvalue weighted by molar-refractivity contribution is 6.12. The zero-order valence-corrected chi connectivity index (χ0v) is 21.8. The third kappa shape index (κ3) is 13.6. The van der Waals surface area contributed by atoms with Gasteiger partial charge in [0.25, 0.3) is 0 Å². The molecular weight excluding hydrogens is 396 g/mol. The van der Waals surface area contributed by atoms with Crippen LogP contribution >= 0.6 is 0 Å². The van der Waals surface area contributed by atoms with Gasteiger partial charge in [0.1, 0.15) is 0 Å². The van der Waals surface area contributed by atoms with Crippen molar-refractivity contribution >= 4 is 10.2 Å². The van der Waals surface area contributed by atoms with Crippen molar-refractivity contribution in [3.63, 3.8) is 0 Å². The van der Waals surface area contributed by atoms with Crippen molar-refractivity contribution in [2.24, 2.45) is 0 Å². The highest BCUT2D eigenvalue weighted by atomic mass is 28.1. The van der Waals surface area contributed by atoms with E-state index in [-0.39, 0.29) is 0 Å². The van der Waals surface area contributed by atoms with Crippen LogP contribution in [0.15, 0.2) is 60.7 Å². The molecule has 0 radical (unpaired) electrons. The minimum absolute atomic E-state index is 0.627. The van der Waals surface area contributed by atoms with E-state index in [0.29, 0.717) is 5.54 Å². The molecule has 2 aromatic carbocycles. The van der Waals surface area contributed by atoms with Gasteiger partial charge in [0.2, 0.25) is 0 Å². The van der Waals surface area contributed by atoms with E-state index in [4.69, 9.17) is 9.47 Å². The summed E-state index contributed by atoms with van der Waals surface area (Å²) in [4.78, 5) is 0. The largest absolute Gasteiger partial charge is 0.381 e. The summed E-state index contributed by atoms with van der Waals surface area (Å²) in [5, 5.41) is 0. The van der Waals surface area contributed by atoms with Crippen LogP contribution in [0.2, 0.25) is 0 Å². The van der Waals surface area contributed by atoms with Crippen LogP contribution < -0.4 is 0 Å². The maximum atomic E-state index is 5.90. The van der Waals surface area contributed by atoms with E-state index in [0.717, 1.165) is 43.1 Å². The van der Waals surface area contributed by atoms with E-state index in [2.05, 4.69) is 60.7 Å². The van der Waals surface area contributed by atoms with Gasteiger partial charge in [-0.2, -0.15) is 0 Å². The Kier molecular flexibility index (Phi) is 15.1. The van der Waals surface area contributed by atoms with Crippen LogP contribution in [0.25, 0.3) is 0 Å². The summed E-state index contributed by atoms with van der Waals surface area (Å²) in [6, 6.07) is 21.4. The molecule has 0 amide bonds. The third-order valence-corrected chi connectivity index (χ3v) is 6.94. The van der Waals surface area contributed by atoms with Gasteiger partial charge in [0.05, 0.1) is 13.2 Å². The monoisotopic (exact) mass is 440 g/mol. The lowest BCUT2D eigenvalue weighted by Crippen LogP contribution is -2.08. The minimum Gasteiger partial charge on any atom is -0.381 e. The summed E-state index contributed by atoms with van der Waals surface area (Å²) in [7, 11) is 1.16. The number of rotatable bonds is 19. The van der Waals surface area contributed by atoms with Crippen LogP contribution in [0.1, 0.15) is 80.9 Å². The Hall–Kier alpha value is -1.42. The lowest BCUT2D eigenvalue weighted by atomic mass is 10.1. The van der Waals surface area contributed by atoms with Gasteiger partial charge in [-0.05, 0) is 35.9 Å². The highest BCUT2D eigenvalue weighted by Crippen LogP contribution is 2.13. The quantitative estimate of drug-likeness (QED) is 0.189. The maximum absolute atomic E-state index is 5.90. The summed E-state index contributed by atoms with van der Waals surface area (Å²) < 4.78 is 11.7. The van der Waals surface area contributed by atoms with Crippen LogP contribution in [0, 0.1) is 0 Å². The molecule has 0 aliphatic rings. The molecule has 0 fully saturated rings. The molecular formula is C28H44O2Si. The molecule has 31 heavy (non-hydrogen) atoms.